The fourth-order valence-electron chi connectivity index (χ4n) is 2.42. The summed E-state index contributed by atoms with van der Waals surface area (Å²) in [7, 11) is 1.84. The Labute approximate surface area is 119 Å². The first-order chi connectivity index (χ1) is 9.74. The number of carbonyl (C=O) groups excluding carboxylic acids is 1. The van der Waals surface area contributed by atoms with E-state index in [4.69, 9.17) is 9.84 Å². The quantitative estimate of drug-likeness (QED) is 0.719. The van der Waals surface area contributed by atoms with Gasteiger partial charge in [0.25, 0.3) is 0 Å². The van der Waals surface area contributed by atoms with Gasteiger partial charge in [-0.1, -0.05) is 12.1 Å². The highest BCUT2D eigenvalue weighted by molar-refractivity contribution is 5.93. The van der Waals surface area contributed by atoms with Gasteiger partial charge in [-0.2, -0.15) is 0 Å². The molecule has 0 radical (unpaired) electrons. The summed E-state index contributed by atoms with van der Waals surface area (Å²) in [6.45, 7) is 1.21. The number of aryl methyl sites for hydroxylation is 1. The SMILES string of the molecule is CNC1COCC1C(=O)Nc1cccc(CCCO)c1. The number of benzene rings is 1. The first-order valence-corrected chi connectivity index (χ1v) is 7.00. The van der Waals surface area contributed by atoms with E-state index in [9.17, 15) is 4.79 Å². The van der Waals surface area contributed by atoms with E-state index in [1.54, 1.807) is 0 Å². The summed E-state index contributed by atoms with van der Waals surface area (Å²) in [5.74, 6) is -0.165. The molecule has 20 heavy (non-hydrogen) atoms. The predicted octanol–water partition coefficient (Wildman–Crippen LogP) is 0.784. The molecule has 0 aromatic heterocycles. The van der Waals surface area contributed by atoms with E-state index in [1.165, 1.54) is 0 Å². The monoisotopic (exact) mass is 278 g/mol. The summed E-state index contributed by atoms with van der Waals surface area (Å²) < 4.78 is 5.35. The highest BCUT2D eigenvalue weighted by Crippen LogP contribution is 2.18. The van der Waals surface area contributed by atoms with Gasteiger partial charge in [0, 0.05) is 18.3 Å². The maximum Gasteiger partial charge on any atom is 0.231 e. The van der Waals surface area contributed by atoms with Gasteiger partial charge in [0.05, 0.1) is 19.1 Å². The number of hydrogen-bond donors (Lipinski definition) is 3. The molecular weight excluding hydrogens is 256 g/mol. The van der Waals surface area contributed by atoms with Crippen LogP contribution in [0.4, 0.5) is 5.69 Å². The first-order valence-electron chi connectivity index (χ1n) is 7.00. The van der Waals surface area contributed by atoms with E-state index in [-0.39, 0.29) is 24.5 Å². The molecule has 5 heteroatoms. The highest BCUT2D eigenvalue weighted by Gasteiger charge is 2.32. The fourth-order valence-corrected chi connectivity index (χ4v) is 2.42. The third-order valence-electron chi connectivity index (χ3n) is 3.61. The van der Waals surface area contributed by atoms with Crippen LogP contribution >= 0.6 is 0 Å². The normalized spacial score (nSPS) is 21.9. The van der Waals surface area contributed by atoms with Crippen LogP contribution in [0.15, 0.2) is 24.3 Å². The molecule has 2 rings (SSSR count). The van der Waals surface area contributed by atoms with Gasteiger partial charge in [-0.15, -0.1) is 0 Å². The van der Waals surface area contributed by atoms with Gasteiger partial charge in [0.1, 0.15) is 0 Å². The van der Waals surface area contributed by atoms with Crippen molar-refractivity contribution in [2.75, 3.05) is 32.2 Å². The van der Waals surface area contributed by atoms with Crippen LogP contribution in [0, 0.1) is 5.92 Å². The zero-order chi connectivity index (χ0) is 14.4. The van der Waals surface area contributed by atoms with E-state index in [2.05, 4.69) is 10.6 Å². The Hall–Kier alpha value is -1.43. The molecule has 2 unspecified atom stereocenters. The third-order valence-corrected chi connectivity index (χ3v) is 3.61. The third kappa shape index (κ3) is 3.79. The van der Waals surface area contributed by atoms with Crippen LogP contribution in [0.25, 0.3) is 0 Å². The van der Waals surface area contributed by atoms with E-state index in [0.29, 0.717) is 13.2 Å². The number of hydrogen-bond acceptors (Lipinski definition) is 4. The summed E-state index contributed by atoms with van der Waals surface area (Å²) in [6.07, 6.45) is 1.54. The van der Waals surface area contributed by atoms with Gasteiger partial charge in [-0.3, -0.25) is 4.79 Å². The molecule has 1 fully saturated rings. The van der Waals surface area contributed by atoms with Crippen LogP contribution < -0.4 is 10.6 Å². The van der Waals surface area contributed by atoms with Crippen molar-refractivity contribution >= 4 is 11.6 Å². The molecular formula is C15H22N2O3. The second-order valence-corrected chi connectivity index (χ2v) is 5.06. The highest BCUT2D eigenvalue weighted by atomic mass is 16.5. The minimum absolute atomic E-state index is 0.0128. The Morgan fingerprint density at radius 3 is 3.05 bits per heavy atom. The fraction of sp³-hybridized carbons (Fsp3) is 0.533. The number of anilines is 1. The lowest BCUT2D eigenvalue weighted by Crippen LogP contribution is -2.39. The van der Waals surface area contributed by atoms with Gasteiger partial charge < -0.3 is 20.5 Å². The molecule has 5 nitrogen and oxygen atoms in total. The van der Waals surface area contributed by atoms with E-state index >= 15 is 0 Å². The van der Waals surface area contributed by atoms with Gasteiger partial charge in [0.2, 0.25) is 5.91 Å². The second kappa shape index (κ2) is 7.38. The largest absolute Gasteiger partial charge is 0.396 e. The van der Waals surface area contributed by atoms with Crippen LogP contribution in [0.2, 0.25) is 0 Å². The average Bonchev–Trinajstić information content (AvgIpc) is 2.94. The molecule has 2 atom stereocenters. The molecule has 0 spiro atoms. The molecule has 3 N–H and O–H groups in total. The minimum atomic E-state index is -0.152. The molecule has 1 saturated heterocycles. The van der Waals surface area contributed by atoms with E-state index < -0.39 is 0 Å². The van der Waals surface area contributed by atoms with Crippen LogP contribution in [0.1, 0.15) is 12.0 Å². The van der Waals surface area contributed by atoms with Gasteiger partial charge >= 0.3 is 0 Å². The topological polar surface area (TPSA) is 70.6 Å². The summed E-state index contributed by atoms with van der Waals surface area (Å²) in [6, 6.07) is 7.83. The van der Waals surface area contributed by atoms with Crippen molar-refractivity contribution in [1.29, 1.82) is 0 Å². The Morgan fingerprint density at radius 2 is 2.30 bits per heavy atom. The Kier molecular flexibility index (Phi) is 5.52. The first kappa shape index (κ1) is 15.0. The van der Waals surface area contributed by atoms with Gasteiger partial charge in [0.15, 0.2) is 0 Å². The van der Waals surface area contributed by atoms with Gasteiger partial charge in [-0.05, 0) is 37.6 Å². The molecule has 0 saturated carbocycles. The number of aliphatic hydroxyl groups excluding tert-OH is 1. The van der Waals surface area contributed by atoms with E-state index in [1.807, 2.05) is 31.3 Å². The van der Waals surface area contributed by atoms with Crippen molar-refractivity contribution in [2.24, 2.45) is 5.92 Å². The molecule has 1 aliphatic heterocycles. The minimum Gasteiger partial charge on any atom is -0.396 e. The molecule has 1 amide bonds. The van der Waals surface area contributed by atoms with Crippen molar-refractivity contribution in [3.05, 3.63) is 29.8 Å². The van der Waals surface area contributed by atoms with Crippen molar-refractivity contribution < 1.29 is 14.6 Å². The van der Waals surface area contributed by atoms with Crippen LogP contribution in [0.3, 0.4) is 0 Å². The number of amides is 1. The molecule has 0 bridgehead atoms. The maximum atomic E-state index is 12.2. The van der Waals surface area contributed by atoms with Crippen molar-refractivity contribution in [1.82, 2.24) is 5.32 Å². The number of carbonyl (C=O) groups is 1. The molecule has 1 aliphatic rings. The summed E-state index contributed by atoms with van der Waals surface area (Å²) >= 11 is 0. The molecule has 0 aliphatic carbocycles. The Bertz CT molecular complexity index is 450. The maximum absolute atomic E-state index is 12.2. The Morgan fingerprint density at radius 1 is 1.45 bits per heavy atom. The van der Waals surface area contributed by atoms with Gasteiger partial charge in [-0.25, -0.2) is 0 Å². The average molecular weight is 278 g/mol. The van der Waals surface area contributed by atoms with Crippen LogP contribution in [-0.4, -0.2) is 43.9 Å². The number of nitrogens with one attached hydrogen (secondary N) is 2. The Balaban J connectivity index is 1.97. The smallest absolute Gasteiger partial charge is 0.231 e. The van der Waals surface area contributed by atoms with Crippen molar-refractivity contribution in [3.8, 4) is 0 Å². The van der Waals surface area contributed by atoms with Crippen LogP contribution in [-0.2, 0) is 16.0 Å². The standard InChI is InChI=1S/C15H22N2O3/c1-16-14-10-20-9-13(14)15(19)17-12-6-2-4-11(8-12)5-3-7-18/h2,4,6,8,13-14,16,18H,3,5,7,9-10H2,1H3,(H,17,19). The predicted molar refractivity (Wildman–Crippen MR) is 77.6 cm³/mol. The number of likely N-dealkylation sites (N-methyl/N-ethyl adjacent to an activating group) is 1. The zero-order valence-electron chi connectivity index (χ0n) is 11.8. The lowest BCUT2D eigenvalue weighted by Gasteiger charge is -2.16. The summed E-state index contributed by atoms with van der Waals surface area (Å²) in [5, 5.41) is 14.9. The molecule has 1 aromatic carbocycles. The number of ether oxygens (including phenoxy) is 1. The molecule has 1 heterocycles. The zero-order valence-corrected chi connectivity index (χ0v) is 11.8. The van der Waals surface area contributed by atoms with Crippen molar-refractivity contribution in [3.63, 3.8) is 0 Å². The molecule has 1 aromatic rings. The summed E-state index contributed by atoms with van der Waals surface area (Å²) in [5.41, 5.74) is 1.91. The van der Waals surface area contributed by atoms with Crippen LogP contribution in [0.5, 0.6) is 0 Å². The lowest BCUT2D eigenvalue weighted by atomic mass is 10.0. The second-order valence-electron chi connectivity index (χ2n) is 5.06. The number of rotatable bonds is 6. The summed E-state index contributed by atoms with van der Waals surface area (Å²) in [4.78, 5) is 12.2. The van der Waals surface area contributed by atoms with E-state index in [0.717, 1.165) is 24.1 Å². The lowest BCUT2D eigenvalue weighted by molar-refractivity contribution is -0.120. The van der Waals surface area contributed by atoms with Crippen molar-refractivity contribution in [2.45, 2.75) is 18.9 Å². The number of aliphatic hydroxyl groups is 1. The molecule has 110 valence electrons.